The molecule has 2 aromatic heterocycles. The van der Waals surface area contributed by atoms with E-state index in [1.807, 2.05) is 77.5 Å². The predicted molar refractivity (Wildman–Crippen MR) is 261 cm³/mol. The molecule has 15 nitrogen and oxygen atoms in total. The molecule has 0 saturated carbocycles. The Morgan fingerprint density at radius 1 is 0.926 bits per heavy atom. The number of fused-ring (bicyclic) bond motifs is 2. The number of amides is 4. The number of hydrogen-bond acceptors (Lipinski definition) is 10. The zero-order chi connectivity index (χ0) is 48.6. The molecule has 0 aliphatic carbocycles. The van der Waals surface area contributed by atoms with Gasteiger partial charge in [0.1, 0.15) is 23.1 Å². The summed E-state index contributed by atoms with van der Waals surface area (Å²) < 4.78 is 16.5. The van der Waals surface area contributed by atoms with Crippen molar-refractivity contribution >= 4 is 52.1 Å². The Kier molecular flexibility index (Phi) is 14.2. The minimum atomic E-state index is -0.714. The molecule has 8 rings (SSSR count). The minimum absolute atomic E-state index is 0.0918. The number of imide groups is 1. The summed E-state index contributed by atoms with van der Waals surface area (Å²) in [5.41, 5.74) is 9.88. The molecule has 2 saturated heterocycles. The fourth-order valence-corrected chi connectivity index (χ4v) is 10.0. The Balaban J connectivity index is 0.947. The molecule has 3 aliphatic heterocycles. The lowest BCUT2D eigenvalue weighted by Crippen LogP contribution is -2.52. The van der Waals surface area contributed by atoms with E-state index in [-0.39, 0.29) is 43.2 Å². The van der Waals surface area contributed by atoms with Crippen LogP contribution in [0.1, 0.15) is 100 Å². The summed E-state index contributed by atoms with van der Waals surface area (Å²) in [7, 11) is 1.95. The maximum Gasteiger partial charge on any atom is 0.355 e. The van der Waals surface area contributed by atoms with Crippen molar-refractivity contribution < 1.29 is 33.4 Å². The Bertz CT molecular complexity index is 2770. The summed E-state index contributed by atoms with van der Waals surface area (Å²) in [6.45, 7) is 19.1. The van der Waals surface area contributed by atoms with Crippen LogP contribution in [0.3, 0.4) is 0 Å². The highest BCUT2D eigenvalue weighted by Crippen LogP contribution is 2.39. The summed E-state index contributed by atoms with van der Waals surface area (Å²) in [5, 5.41) is 11.9. The highest BCUT2D eigenvalue weighted by atomic mass is 35.5. The molecule has 5 aromatic rings. The van der Waals surface area contributed by atoms with Crippen molar-refractivity contribution in [1.29, 1.82) is 0 Å². The Morgan fingerprint density at radius 3 is 2.32 bits per heavy atom. The van der Waals surface area contributed by atoms with Gasteiger partial charge in [0.15, 0.2) is 0 Å². The second kappa shape index (κ2) is 19.9. The van der Waals surface area contributed by atoms with Crippen LogP contribution in [0, 0.1) is 27.7 Å². The van der Waals surface area contributed by atoms with Crippen LogP contribution in [0.25, 0.3) is 22.0 Å². The zero-order valence-corrected chi connectivity index (χ0v) is 41.3. The molecular weight excluding hydrogens is 884 g/mol. The van der Waals surface area contributed by atoms with Gasteiger partial charge in [0.05, 0.1) is 24.4 Å². The van der Waals surface area contributed by atoms with Gasteiger partial charge in [0.25, 0.3) is 5.91 Å². The SMILES string of the molecule is Cc1cc(OCCCc2c(C(=O)OC(C)(C)C)n(CCN3CCN(CC(=O)NCc4ccc5c(c4)CN(C4CCC(=O)NC4=O)C5=O)CC3)c3c(-c4c(C)nn(C)c4C)cccc23)cc(C)c1Cl. The first-order chi connectivity index (χ1) is 32.4. The van der Waals surface area contributed by atoms with E-state index in [2.05, 4.69) is 50.1 Å². The number of nitrogens with zero attached hydrogens (tertiary/aromatic N) is 6. The summed E-state index contributed by atoms with van der Waals surface area (Å²) in [6.07, 6.45) is 1.76. The van der Waals surface area contributed by atoms with Crippen LogP contribution in [0.2, 0.25) is 5.02 Å². The highest BCUT2D eigenvalue weighted by molar-refractivity contribution is 6.32. The molecule has 1 unspecified atom stereocenters. The van der Waals surface area contributed by atoms with E-state index >= 15 is 0 Å². The van der Waals surface area contributed by atoms with Crippen LogP contribution in [0.4, 0.5) is 0 Å². The van der Waals surface area contributed by atoms with Crippen LogP contribution in [0.15, 0.2) is 48.5 Å². The fourth-order valence-electron chi connectivity index (χ4n) is 9.92. The number of carbonyl (C=O) groups is 5. The van der Waals surface area contributed by atoms with Crippen molar-refractivity contribution in [2.45, 2.75) is 105 Å². The van der Waals surface area contributed by atoms with E-state index in [4.69, 9.17) is 26.2 Å². The van der Waals surface area contributed by atoms with Gasteiger partial charge < -0.3 is 24.3 Å². The molecule has 1 atom stereocenters. The Hall–Kier alpha value is -6.03. The second-order valence-corrected chi connectivity index (χ2v) is 19.8. The number of esters is 1. The first-order valence-electron chi connectivity index (χ1n) is 23.6. The van der Waals surface area contributed by atoms with Gasteiger partial charge in [-0.25, -0.2) is 4.79 Å². The zero-order valence-electron chi connectivity index (χ0n) is 40.5. The maximum absolute atomic E-state index is 14.5. The van der Waals surface area contributed by atoms with Crippen molar-refractivity contribution in [3.8, 4) is 16.9 Å². The summed E-state index contributed by atoms with van der Waals surface area (Å²) in [6, 6.07) is 15.0. The number of benzene rings is 3. The third kappa shape index (κ3) is 10.3. The molecule has 0 bridgehead atoms. The number of ether oxygens (including phenoxy) is 2. The van der Waals surface area contributed by atoms with Gasteiger partial charge in [-0.3, -0.25) is 39.0 Å². The topological polar surface area (TPSA) is 160 Å². The van der Waals surface area contributed by atoms with Crippen LogP contribution in [-0.2, 0) is 52.2 Å². The van der Waals surface area contributed by atoms with Gasteiger partial charge in [-0.15, -0.1) is 0 Å². The number of rotatable bonds is 15. The monoisotopic (exact) mass is 946 g/mol. The van der Waals surface area contributed by atoms with Crippen molar-refractivity contribution in [2.24, 2.45) is 7.05 Å². The van der Waals surface area contributed by atoms with Crippen molar-refractivity contribution in [2.75, 3.05) is 45.9 Å². The van der Waals surface area contributed by atoms with Gasteiger partial charge in [-0.1, -0.05) is 41.9 Å². The standard InChI is InChI=1S/C52H63ClN8O7/c1-31-25-37(26-32(2)46(31)53)67-24-10-13-40-39-11-9-12-41(45-33(3)56-57(8)34(45)4)47(39)60(48(40)51(66)68-52(5,6)7)23-22-58-18-20-59(21-19-58)30-44(63)54-28-35-14-15-38-36(27-35)29-61(50(38)65)42-16-17-43(62)55-49(42)64/h9,11-12,14-15,25-27,42H,10,13,16-24,28-30H2,1-8H3,(H,54,63)(H,55,62,64). The molecule has 2 fully saturated rings. The van der Waals surface area contributed by atoms with Gasteiger partial charge in [0, 0.05) is 98.6 Å². The van der Waals surface area contributed by atoms with E-state index < -0.39 is 17.6 Å². The third-order valence-corrected chi connectivity index (χ3v) is 14.0. The smallest absolute Gasteiger partial charge is 0.355 e. The Morgan fingerprint density at radius 2 is 1.65 bits per heavy atom. The minimum Gasteiger partial charge on any atom is -0.494 e. The van der Waals surface area contributed by atoms with E-state index in [0.717, 1.165) is 85.1 Å². The lowest BCUT2D eigenvalue weighted by Gasteiger charge is -2.34. The van der Waals surface area contributed by atoms with E-state index in [1.165, 1.54) is 4.90 Å². The van der Waals surface area contributed by atoms with Gasteiger partial charge >= 0.3 is 5.97 Å². The molecular formula is C52H63ClN8O7. The highest BCUT2D eigenvalue weighted by Gasteiger charge is 2.39. The van der Waals surface area contributed by atoms with Crippen molar-refractivity contribution in [1.82, 2.24) is 39.7 Å². The molecule has 4 amide bonds. The average Bonchev–Trinajstić information content (AvgIpc) is 3.88. The number of piperidine rings is 1. The van der Waals surface area contributed by atoms with E-state index in [0.29, 0.717) is 69.9 Å². The Labute approximate surface area is 403 Å². The predicted octanol–water partition coefficient (Wildman–Crippen LogP) is 6.59. The lowest BCUT2D eigenvalue weighted by atomic mass is 9.98. The first kappa shape index (κ1) is 48.4. The maximum atomic E-state index is 14.5. The summed E-state index contributed by atoms with van der Waals surface area (Å²) in [5.74, 6) is -0.679. The molecule has 360 valence electrons. The molecule has 68 heavy (non-hydrogen) atoms. The van der Waals surface area contributed by atoms with Gasteiger partial charge in [-0.05, 0) is 114 Å². The number of aromatic nitrogens is 3. The molecule has 0 spiro atoms. The van der Waals surface area contributed by atoms with E-state index in [9.17, 15) is 24.0 Å². The molecule has 3 aliphatic rings. The summed E-state index contributed by atoms with van der Waals surface area (Å²) in [4.78, 5) is 71.1. The van der Waals surface area contributed by atoms with Crippen molar-refractivity contribution in [3.63, 3.8) is 0 Å². The van der Waals surface area contributed by atoms with Crippen molar-refractivity contribution in [3.05, 3.63) is 104 Å². The first-order valence-corrected chi connectivity index (χ1v) is 24.0. The van der Waals surface area contributed by atoms with Gasteiger partial charge in [-0.2, -0.15) is 5.10 Å². The second-order valence-electron chi connectivity index (χ2n) is 19.5. The number of aryl methyl sites for hydroxylation is 5. The normalized spacial score (nSPS) is 16.9. The van der Waals surface area contributed by atoms with E-state index in [1.54, 1.807) is 6.07 Å². The third-order valence-electron chi connectivity index (χ3n) is 13.4. The number of halogens is 1. The quantitative estimate of drug-likeness (QED) is 0.0666. The number of carbonyl (C=O) groups excluding carboxylic acids is 5. The average molecular weight is 948 g/mol. The molecule has 3 aromatic carbocycles. The number of hydrogen-bond donors (Lipinski definition) is 2. The van der Waals surface area contributed by atoms with Crippen LogP contribution in [-0.4, -0.2) is 116 Å². The number of para-hydroxylation sites is 1. The number of nitrogens with one attached hydrogen (secondary N) is 2. The molecule has 5 heterocycles. The largest absolute Gasteiger partial charge is 0.494 e. The van der Waals surface area contributed by atoms with Crippen LogP contribution in [0.5, 0.6) is 5.75 Å². The summed E-state index contributed by atoms with van der Waals surface area (Å²) >= 11 is 6.44. The molecule has 2 N–H and O–H groups in total. The molecule has 16 heteroatoms. The fraction of sp³-hybridized carbons (Fsp3) is 0.462. The lowest BCUT2D eigenvalue weighted by molar-refractivity contribution is -0.137. The van der Waals surface area contributed by atoms with Crippen LogP contribution < -0.4 is 15.4 Å². The van der Waals surface area contributed by atoms with Gasteiger partial charge in [0.2, 0.25) is 17.7 Å². The molecule has 0 radical (unpaired) electrons. The number of piperazine rings is 1. The van der Waals surface area contributed by atoms with Crippen LogP contribution >= 0.6 is 11.6 Å².